The number of nitrogens with one attached hydrogen (secondary N) is 1. The first-order valence-corrected chi connectivity index (χ1v) is 6.87. The molecule has 0 spiro atoms. The fourth-order valence-electron chi connectivity index (χ4n) is 2.17. The Morgan fingerprint density at radius 1 is 1.31 bits per heavy atom. The van der Waals surface area contributed by atoms with Crippen LogP contribution in [0.4, 0.5) is 0 Å². The molecular weight excluding hydrogens is 200 g/mol. The smallest absolute Gasteiger partial charge is 0.0673 e. The van der Waals surface area contributed by atoms with E-state index in [1.807, 2.05) is 0 Å². The van der Waals surface area contributed by atoms with Crippen LogP contribution in [0.5, 0.6) is 0 Å². The van der Waals surface area contributed by atoms with Gasteiger partial charge in [0.1, 0.15) is 0 Å². The minimum Gasteiger partial charge on any atom is -0.377 e. The van der Waals surface area contributed by atoms with E-state index in [1.54, 1.807) is 0 Å². The van der Waals surface area contributed by atoms with E-state index in [0.717, 1.165) is 19.7 Å². The maximum Gasteiger partial charge on any atom is 0.0673 e. The van der Waals surface area contributed by atoms with Gasteiger partial charge in [-0.1, -0.05) is 6.92 Å². The first-order chi connectivity index (χ1) is 7.83. The van der Waals surface area contributed by atoms with Crippen LogP contribution < -0.4 is 5.32 Å². The minimum atomic E-state index is 0.417. The van der Waals surface area contributed by atoms with Crippen molar-refractivity contribution in [1.29, 1.82) is 0 Å². The zero-order valence-electron chi connectivity index (χ0n) is 11.0. The Hall–Kier alpha value is -0.120. The van der Waals surface area contributed by atoms with E-state index in [4.69, 9.17) is 4.74 Å². The second-order valence-corrected chi connectivity index (χ2v) is 4.79. The van der Waals surface area contributed by atoms with Crippen LogP contribution in [-0.4, -0.2) is 50.3 Å². The van der Waals surface area contributed by atoms with Gasteiger partial charge >= 0.3 is 0 Å². The van der Waals surface area contributed by atoms with Gasteiger partial charge in [0.2, 0.25) is 0 Å². The summed E-state index contributed by atoms with van der Waals surface area (Å²) in [6, 6.07) is 0. The Labute approximate surface area is 101 Å². The standard InChI is InChI=1S/C13H28N2O/c1-3-7-14-8-4-5-9-15-10-6-11-16-13(2)12-15/h13-14H,3-12H2,1-2H3. The molecular formula is C13H28N2O. The largest absolute Gasteiger partial charge is 0.377 e. The van der Waals surface area contributed by atoms with Crippen LogP contribution in [0.15, 0.2) is 0 Å². The van der Waals surface area contributed by atoms with Gasteiger partial charge in [-0.25, -0.2) is 0 Å². The molecule has 1 aliphatic rings. The van der Waals surface area contributed by atoms with Crippen molar-refractivity contribution in [2.75, 3.05) is 39.3 Å². The Bertz CT molecular complexity index is 164. The normalized spacial score (nSPS) is 23.2. The number of rotatable bonds is 7. The van der Waals surface area contributed by atoms with E-state index in [1.165, 1.54) is 45.3 Å². The van der Waals surface area contributed by atoms with Gasteiger partial charge in [-0.05, 0) is 52.2 Å². The quantitative estimate of drug-likeness (QED) is 0.673. The van der Waals surface area contributed by atoms with Crippen molar-refractivity contribution in [2.45, 2.75) is 45.6 Å². The molecule has 16 heavy (non-hydrogen) atoms. The molecule has 0 aliphatic carbocycles. The molecule has 1 fully saturated rings. The fraction of sp³-hybridized carbons (Fsp3) is 1.00. The summed E-state index contributed by atoms with van der Waals surface area (Å²) in [5.74, 6) is 0. The van der Waals surface area contributed by atoms with Crippen LogP contribution in [0.1, 0.15) is 39.5 Å². The summed E-state index contributed by atoms with van der Waals surface area (Å²) in [7, 11) is 0. The molecule has 1 rings (SSSR count). The van der Waals surface area contributed by atoms with E-state index in [9.17, 15) is 0 Å². The molecule has 1 atom stereocenters. The molecule has 0 amide bonds. The fourth-order valence-corrected chi connectivity index (χ4v) is 2.17. The number of hydrogen-bond donors (Lipinski definition) is 1. The lowest BCUT2D eigenvalue weighted by atomic mass is 10.2. The Balaban J connectivity index is 1.98. The van der Waals surface area contributed by atoms with Crippen molar-refractivity contribution in [3.05, 3.63) is 0 Å². The molecule has 0 aromatic rings. The monoisotopic (exact) mass is 228 g/mol. The van der Waals surface area contributed by atoms with Crippen molar-refractivity contribution >= 4 is 0 Å². The van der Waals surface area contributed by atoms with Crippen LogP contribution in [0.3, 0.4) is 0 Å². The maximum atomic E-state index is 5.64. The average molecular weight is 228 g/mol. The first kappa shape index (κ1) is 13.9. The lowest BCUT2D eigenvalue weighted by Crippen LogP contribution is -2.31. The van der Waals surface area contributed by atoms with Crippen LogP contribution in [-0.2, 0) is 4.74 Å². The van der Waals surface area contributed by atoms with Crippen molar-refractivity contribution in [3.8, 4) is 0 Å². The molecule has 0 bridgehead atoms. The zero-order valence-corrected chi connectivity index (χ0v) is 11.0. The topological polar surface area (TPSA) is 24.5 Å². The van der Waals surface area contributed by atoms with Crippen LogP contribution in [0, 0.1) is 0 Å². The van der Waals surface area contributed by atoms with Gasteiger partial charge in [-0.2, -0.15) is 0 Å². The van der Waals surface area contributed by atoms with Gasteiger partial charge in [-0.15, -0.1) is 0 Å². The molecule has 1 aliphatic heterocycles. The molecule has 3 heteroatoms. The maximum absolute atomic E-state index is 5.64. The summed E-state index contributed by atoms with van der Waals surface area (Å²) in [6.45, 7) is 11.2. The van der Waals surface area contributed by atoms with Gasteiger partial charge < -0.3 is 15.0 Å². The highest BCUT2D eigenvalue weighted by atomic mass is 16.5. The third-order valence-corrected chi connectivity index (χ3v) is 3.04. The Morgan fingerprint density at radius 2 is 2.19 bits per heavy atom. The summed E-state index contributed by atoms with van der Waals surface area (Å²) >= 11 is 0. The predicted octanol–water partition coefficient (Wildman–Crippen LogP) is 1.88. The predicted molar refractivity (Wildman–Crippen MR) is 68.9 cm³/mol. The Kier molecular flexibility index (Phi) is 7.81. The van der Waals surface area contributed by atoms with Crippen molar-refractivity contribution < 1.29 is 4.74 Å². The second kappa shape index (κ2) is 8.97. The lowest BCUT2D eigenvalue weighted by molar-refractivity contribution is 0.0675. The summed E-state index contributed by atoms with van der Waals surface area (Å²) in [5.41, 5.74) is 0. The van der Waals surface area contributed by atoms with Crippen LogP contribution in [0.2, 0.25) is 0 Å². The first-order valence-electron chi connectivity index (χ1n) is 6.87. The van der Waals surface area contributed by atoms with Gasteiger partial charge in [0.25, 0.3) is 0 Å². The van der Waals surface area contributed by atoms with Crippen LogP contribution >= 0.6 is 0 Å². The lowest BCUT2D eigenvalue weighted by Gasteiger charge is -2.21. The van der Waals surface area contributed by atoms with E-state index in [2.05, 4.69) is 24.1 Å². The summed E-state index contributed by atoms with van der Waals surface area (Å²) in [4.78, 5) is 2.55. The van der Waals surface area contributed by atoms with Crippen molar-refractivity contribution in [2.24, 2.45) is 0 Å². The second-order valence-electron chi connectivity index (χ2n) is 4.79. The molecule has 1 N–H and O–H groups in total. The van der Waals surface area contributed by atoms with E-state index >= 15 is 0 Å². The summed E-state index contributed by atoms with van der Waals surface area (Å²) in [5, 5.41) is 3.45. The highest BCUT2D eigenvalue weighted by Crippen LogP contribution is 2.06. The Morgan fingerprint density at radius 3 is 3.00 bits per heavy atom. The highest BCUT2D eigenvalue weighted by Gasteiger charge is 2.13. The number of nitrogens with zero attached hydrogens (tertiary/aromatic N) is 1. The third kappa shape index (κ3) is 6.46. The molecule has 0 radical (unpaired) electrons. The molecule has 0 aromatic carbocycles. The summed E-state index contributed by atoms with van der Waals surface area (Å²) in [6.07, 6.45) is 5.45. The van der Waals surface area contributed by atoms with Crippen molar-refractivity contribution in [1.82, 2.24) is 10.2 Å². The molecule has 0 aromatic heterocycles. The molecule has 0 saturated carbocycles. The molecule has 1 saturated heterocycles. The van der Waals surface area contributed by atoms with E-state index in [-0.39, 0.29) is 0 Å². The van der Waals surface area contributed by atoms with Crippen molar-refractivity contribution in [3.63, 3.8) is 0 Å². The minimum absolute atomic E-state index is 0.417. The molecule has 3 nitrogen and oxygen atoms in total. The SMILES string of the molecule is CCCNCCCCN1CCCOC(C)C1. The van der Waals surface area contributed by atoms with Gasteiger partial charge in [0.05, 0.1) is 6.10 Å². The number of unbranched alkanes of at least 4 members (excludes halogenated alkanes) is 1. The van der Waals surface area contributed by atoms with Crippen LogP contribution in [0.25, 0.3) is 0 Å². The van der Waals surface area contributed by atoms with Gasteiger partial charge in [0.15, 0.2) is 0 Å². The molecule has 1 unspecified atom stereocenters. The molecule has 1 heterocycles. The number of hydrogen-bond acceptors (Lipinski definition) is 3. The van der Waals surface area contributed by atoms with Gasteiger partial charge in [-0.3, -0.25) is 0 Å². The molecule has 96 valence electrons. The van der Waals surface area contributed by atoms with Gasteiger partial charge in [0, 0.05) is 19.7 Å². The summed E-state index contributed by atoms with van der Waals surface area (Å²) < 4.78 is 5.64. The zero-order chi connectivity index (χ0) is 11.6. The van der Waals surface area contributed by atoms with E-state index in [0.29, 0.717) is 6.10 Å². The number of ether oxygens (including phenoxy) is 1. The van der Waals surface area contributed by atoms with E-state index < -0.39 is 0 Å². The third-order valence-electron chi connectivity index (χ3n) is 3.04. The highest BCUT2D eigenvalue weighted by molar-refractivity contribution is 4.66. The average Bonchev–Trinajstić information content (AvgIpc) is 2.48.